The molecule has 2 N–H and O–H groups in total. The number of piperazine rings is 1. The van der Waals surface area contributed by atoms with Crippen molar-refractivity contribution in [1.82, 2.24) is 19.8 Å². The topological polar surface area (TPSA) is 85.2 Å². The summed E-state index contributed by atoms with van der Waals surface area (Å²) in [6, 6.07) is 17.2. The second-order valence-corrected chi connectivity index (χ2v) is 10.8. The number of halogens is 2. The number of rotatable bonds is 9. The predicted molar refractivity (Wildman–Crippen MR) is 148 cm³/mol. The Morgan fingerprint density at radius 2 is 1.47 bits per heavy atom. The van der Waals surface area contributed by atoms with Crippen molar-refractivity contribution in [2.45, 2.75) is 37.4 Å². The zero-order valence-corrected chi connectivity index (χ0v) is 22.6. The Hall–Kier alpha value is -2.30. The van der Waals surface area contributed by atoms with E-state index in [4.69, 9.17) is 27.9 Å². The van der Waals surface area contributed by atoms with Crippen LogP contribution in [-0.4, -0.2) is 93.7 Å². The number of aromatic nitrogens is 2. The largest absolute Gasteiger partial charge is 0.394 e. The average Bonchev–Trinajstić information content (AvgIpc) is 3.23. The Morgan fingerprint density at radius 1 is 0.868 bits per heavy atom. The van der Waals surface area contributed by atoms with Gasteiger partial charge in [0.15, 0.2) is 0 Å². The van der Waals surface area contributed by atoms with Gasteiger partial charge in [-0.2, -0.15) is 0 Å². The maximum atomic E-state index is 11.2. The van der Waals surface area contributed by atoms with Crippen LogP contribution in [0.3, 0.4) is 0 Å². The molecule has 0 radical (unpaired) electrons. The van der Waals surface area contributed by atoms with E-state index in [1.807, 2.05) is 42.5 Å². The zero-order chi connectivity index (χ0) is 26.5. The van der Waals surface area contributed by atoms with Gasteiger partial charge in [-0.25, -0.2) is 9.97 Å². The van der Waals surface area contributed by atoms with Crippen LogP contribution >= 0.6 is 23.2 Å². The summed E-state index contributed by atoms with van der Waals surface area (Å²) in [7, 11) is 0. The fourth-order valence-corrected chi connectivity index (χ4v) is 5.91. The second-order valence-electron chi connectivity index (χ2n) is 9.88. The maximum absolute atomic E-state index is 11.2. The van der Waals surface area contributed by atoms with Gasteiger partial charge < -0.3 is 19.8 Å². The Labute approximate surface area is 233 Å². The Balaban J connectivity index is 1.33. The summed E-state index contributed by atoms with van der Waals surface area (Å²) in [5.74, 6) is 0.717. The Kier molecular flexibility index (Phi) is 9.12. The van der Waals surface area contributed by atoms with Crippen LogP contribution in [0, 0.1) is 0 Å². The number of hydrogen-bond donors (Lipinski definition) is 2. The molecule has 0 aliphatic carbocycles. The van der Waals surface area contributed by atoms with Gasteiger partial charge in [-0.1, -0.05) is 47.5 Å². The molecule has 202 valence electrons. The summed E-state index contributed by atoms with van der Waals surface area (Å²) in [5.41, 5.74) is 2.18. The second kappa shape index (κ2) is 12.7. The minimum absolute atomic E-state index is 0.228. The van der Waals surface area contributed by atoms with Crippen LogP contribution in [0.1, 0.15) is 11.1 Å². The van der Waals surface area contributed by atoms with Crippen molar-refractivity contribution in [1.29, 1.82) is 0 Å². The molecule has 3 heterocycles. The number of nitrogens with zero attached hydrogens (tertiary/aromatic N) is 5. The summed E-state index contributed by atoms with van der Waals surface area (Å²) in [6.07, 6.45) is 1.79. The van der Waals surface area contributed by atoms with E-state index in [1.165, 1.54) is 0 Å². The van der Waals surface area contributed by atoms with Gasteiger partial charge in [-0.3, -0.25) is 9.80 Å². The lowest BCUT2D eigenvalue weighted by Crippen LogP contribution is -2.57. The van der Waals surface area contributed by atoms with Gasteiger partial charge in [-0.05, 0) is 41.5 Å². The molecule has 0 spiro atoms. The van der Waals surface area contributed by atoms with Crippen molar-refractivity contribution >= 4 is 29.2 Å². The minimum Gasteiger partial charge on any atom is -0.394 e. The molecule has 2 aromatic carbocycles. The lowest BCUT2D eigenvalue weighted by atomic mass is 10.0. The van der Waals surface area contributed by atoms with Crippen molar-refractivity contribution < 1.29 is 14.9 Å². The van der Waals surface area contributed by atoms with E-state index in [-0.39, 0.29) is 18.8 Å². The van der Waals surface area contributed by atoms with Gasteiger partial charge in [0.1, 0.15) is 12.2 Å². The molecule has 3 aromatic rings. The lowest BCUT2D eigenvalue weighted by Gasteiger charge is -2.41. The number of anilines is 1. The molecular formula is C28H33Cl2N5O3. The van der Waals surface area contributed by atoms with E-state index < -0.39 is 12.2 Å². The molecule has 2 aliphatic rings. The SMILES string of the molecule is OC[C@@H]1O[C@H](CN(Cc2cccc(Cl)c2)Cc2cccc(Cl)c2)[C@H](N2CCN(c3ncccn3)CC2)[C@@H]1O. The molecule has 1 aromatic heterocycles. The van der Waals surface area contributed by atoms with Crippen molar-refractivity contribution in [3.63, 3.8) is 0 Å². The zero-order valence-electron chi connectivity index (χ0n) is 21.1. The number of benzene rings is 2. The highest BCUT2D eigenvalue weighted by Crippen LogP contribution is 2.29. The lowest BCUT2D eigenvalue weighted by molar-refractivity contribution is -0.0325. The molecule has 0 amide bonds. The van der Waals surface area contributed by atoms with Crippen LogP contribution in [0.2, 0.25) is 10.0 Å². The first-order valence-corrected chi connectivity index (χ1v) is 13.7. The molecule has 2 aliphatic heterocycles. The third-order valence-corrected chi connectivity index (χ3v) is 7.71. The van der Waals surface area contributed by atoms with Gasteiger partial charge in [0.25, 0.3) is 0 Å². The molecule has 2 fully saturated rings. The highest BCUT2D eigenvalue weighted by atomic mass is 35.5. The maximum Gasteiger partial charge on any atom is 0.225 e. The van der Waals surface area contributed by atoms with Crippen molar-refractivity contribution in [2.75, 3.05) is 44.2 Å². The predicted octanol–water partition coefficient (Wildman–Crippen LogP) is 3.10. The Morgan fingerprint density at radius 3 is 2.03 bits per heavy atom. The molecule has 0 bridgehead atoms. The van der Waals surface area contributed by atoms with Crippen LogP contribution in [0.25, 0.3) is 0 Å². The van der Waals surface area contributed by atoms with Gasteiger partial charge in [0.05, 0.1) is 18.8 Å². The normalized spacial score (nSPS) is 24.3. The van der Waals surface area contributed by atoms with Crippen molar-refractivity contribution in [3.05, 3.63) is 88.2 Å². The number of hydrogen-bond acceptors (Lipinski definition) is 8. The quantitative estimate of drug-likeness (QED) is 0.415. The summed E-state index contributed by atoms with van der Waals surface area (Å²) < 4.78 is 6.28. The summed E-state index contributed by atoms with van der Waals surface area (Å²) in [5, 5.41) is 22.5. The third-order valence-electron chi connectivity index (χ3n) is 7.24. The molecule has 8 nitrogen and oxygen atoms in total. The smallest absolute Gasteiger partial charge is 0.225 e. The highest BCUT2D eigenvalue weighted by Gasteiger charge is 2.47. The minimum atomic E-state index is -0.788. The first-order chi connectivity index (χ1) is 18.5. The van der Waals surface area contributed by atoms with Gasteiger partial charge in [-0.15, -0.1) is 0 Å². The van der Waals surface area contributed by atoms with E-state index in [0.717, 1.165) is 43.3 Å². The van der Waals surface area contributed by atoms with Crippen LogP contribution < -0.4 is 4.90 Å². The molecule has 2 saturated heterocycles. The van der Waals surface area contributed by atoms with E-state index in [1.54, 1.807) is 12.4 Å². The molecule has 4 atom stereocenters. The number of ether oxygens (including phenoxy) is 1. The average molecular weight is 559 g/mol. The van der Waals surface area contributed by atoms with Gasteiger partial charge >= 0.3 is 0 Å². The van der Waals surface area contributed by atoms with Crippen LogP contribution in [0.5, 0.6) is 0 Å². The van der Waals surface area contributed by atoms with Crippen molar-refractivity contribution in [2.24, 2.45) is 0 Å². The molecule has 10 heteroatoms. The van der Waals surface area contributed by atoms with E-state index in [9.17, 15) is 10.2 Å². The highest BCUT2D eigenvalue weighted by molar-refractivity contribution is 6.30. The van der Waals surface area contributed by atoms with E-state index >= 15 is 0 Å². The van der Waals surface area contributed by atoms with Crippen LogP contribution in [0.15, 0.2) is 67.0 Å². The third kappa shape index (κ3) is 6.63. The van der Waals surface area contributed by atoms with E-state index in [2.05, 4.69) is 36.8 Å². The fraction of sp³-hybridized carbons (Fsp3) is 0.429. The first kappa shape index (κ1) is 27.3. The summed E-state index contributed by atoms with van der Waals surface area (Å²) >= 11 is 12.6. The first-order valence-electron chi connectivity index (χ1n) is 12.9. The summed E-state index contributed by atoms with van der Waals surface area (Å²) in [6.45, 7) is 4.61. The van der Waals surface area contributed by atoms with Gasteiger partial charge in [0.2, 0.25) is 5.95 Å². The molecule has 5 rings (SSSR count). The van der Waals surface area contributed by atoms with Crippen molar-refractivity contribution in [3.8, 4) is 0 Å². The molecule has 0 unspecified atom stereocenters. The fourth-order valence-electron chi connectivity index (χ4n) is 5.48. The Bertz CT molecular complexity index is 1130. The monoisotopic (exact) mass is 557 g/mol. The van der Waals surface area contributed by atoms with Gasteiger partial charge in [0, 0.05) is 68.3 Å². The standard InChI is InChI=1S/C28H33Cl2N5O3/c29-22-6-1-4-20(14-22)16-33(17-21-5-2-7-23(30)15-21)18-24-26(27(37)25(19-36)38-24)34-10-12-35(13-11-34)28-31-8-3-9-32-28/h1-9,14-15,24-27,36-37H,10-13,16-19H2/t24-,25+,26+,27-/m1/s1. The number of aliphatic hydroxyl groups is 2. The molecule has 0 saturated carbocycles. The molecule has 38 heavy (non-hydrogen) atoms. The van der Waals surface area contributed by atoms with E-state index in [0.29, 0.717) is 29.7 Å². The summed E-state index contributed by atoms with van der Waals surface area (Å²) in [4.78, 5) is 15.5. The van der Waals surface area contributed by atoms with Crippen LogP contribution in [-0.2, 0) is 17.8 Å². The molecular weight excluding hydrogens is 525 g/mol. The van der Waals surface area contributed by atoms with Crippen LogP contribution in [0.4, 0.5) is 5.95 Å². The number of aliphatic hydroxyl groups excluding tert-OH is 2.